The first-order chi connectivity index (χ1) is 10.7. The first-order valence-corrected chi connectivity index (χ1v) is 7.32. The van der Waals surface area contributed by atoms with Crippen LogP contribution >= 0.6 is 0 Å². The van der Waals surface area contributed by atoms with Gasteiger partial charge in [0, 0.05) is 11.5 Å². The topological polar surface area (TPSA) is 70.7 Å². The molecule has 2 aromatic rings. The highest BCUT2D eigenvalue weighted by atomic mass is 19.1. The molecule has 5 nitrogen and oxygen atoms in total. The van der Waals surface area contributed by atoms with E-state index in [1.54, 1.807) is 12.1 Å². The molecular weight excluding hydrogens is 283 g/mol. The van der Waals surface area contributed by atoms with E-state index in [9.17, 15) is 9.18 Å². The van der Waals surface area contributed by atoms with Gasteiger partial charge in [0.15, 0.2) is 5.82 Å². The molecule has 1 aromatic carbocycles. The van der Waals surface area contributed by atoms with Crippen molar-refractivity contribution >= 4 is 5.91 Å². The van der Waals surface area contributed by atoms with Crippen LogP contribution in [0.5, 0.6) is 0 Å². The van der Waals surface area contributed by atoms with Crippen LogP contribution in [-0.2, 0) is 11.3 Å². The number of rotatable bonds is 4. The van der Waals surface area contributed by atoms with Gasteiger partial charge < -0.3 is 5.32 Å². The summed E-state index contributed by atoms with van der Waals surface area (Å²) in [4.78, 5) is 16.3. The summed E-state index contributed by atoms with van der Waals surface area (Å²) < 4.78 is 12.9. The Balaban J connectivity index is 1.58. The highest BCUT2D eigenvalue weighted by molar-refractivity contribution is 5.78. The molecule has 1 atom stereocenters. The summed E-state index contributed by atoms with van der Waals surface area (Å²) in [6, 6.07) is 5.97. The quantitative estimate of drug-likeness (QED) is 0.853. The summed E-state index contributed by atoms with van der Waals surface area (Å²) >= 11 is 0. The Morgan fingerprint density at radius 3 is 2.86 bits per heavy atom. The van der Waals surface area contributed by atoms with E-state index in [2.05, 4.69) is 32.7 Å². The van der Waals surface area contributed by atoms with Gasteiger partial charge in [-0.3, -0.25) is 9.89 Å². The number of hydrogen-bond donors (Lipinski definition) is 2. The second kappa shape index (κ2) is 6.51. The molecule has 22 heavy (non-hydrogen) atoms. The van der Waals surface area contributed by atoms with Gasteiger partial charge in [-0.25, -0.2) is 9.37 Å². The minimum Gasteiger partial charge on any atom is -0.349 e. The fourth-order valence-corrected chi connectivity index (χ4v) is 2.45. The summed E-state index contributed by atoms with van der Waals surface area (Å²) in [5, 5.41) is 9.76. The van der Waals surface area contributed by atoms with Gasteiger partial charge in [-0.2, -0.15) is 5.10 Å². The molecule has 0 aliphatic heterocycles. The second-order valence-electron chi connectivity index (χ2n) is 5.31. The molecule has 6 heteroatoms. The fraction of sp³-hybridized carbons (Fsp3) is 0.312. The standard InChI is InChI=1S/C16H17FN4O/c17-13-8-6-11(7-9-13)15-19-14(20-21-15)10-18-16(22)12-4-2-1-3-5-12/h1-2,6-9,12H,3-5,10H2,(H,18,22)(H,19,20,21)/t12-/m0/s1. The van der Waals surface area contributed by atoms with Crippen molar-refractivity contribution < 1.29 is 9.18 Å². The minimum atomic E-state index is -0.298. The van der Waals surface area contributed by atoms with Crippen molar-refractivity contribution in [2.75, 3.05) is 0 Å². The molecule has 0 bridgehead atoms. The predicted octanol–water partition coefficient (Wildman–Crippen LogP) is 2.58. The van der Waals surface area contributed by atoms with Crippen LogP contribution < -0.4 is 5.32 Å². The number of carbonyl (C=O) groups excluding carboxylic acids is 1. The molecule has 1 amide bonds. The first kappa shape index (κ1) is 14.4. The highest BCUT2D eigenvalue weighted by Crippen LogP contribution is 2.18. The average Bonchev–Trinajstić information content (AvgIpc) is 3.03. The van der Waals surface area contributed by atoms with E-state index >= 15 is 0 Å². The van der Waals surface area contributed by atoms with Crippen LogP contribution in [0.2, 0.25) is 0 Å². The van der Waals surface area contributed by atoms with Crippen LogP contribution in [0.1, 0.15) is 25.1 Å². The Morgan fingerprint density at radius 2 is 2.14 bits per heavy atom. The Kier molecular flexibility index (Phi) is 4.27. The zero-order valence-electron chi connectivity index (χ0n) is 12.1. The molecule has 1 aliphatic rings. The Morgan fingerprint density at radius 1 is 1.32 bits per heavy atom. The zero-order valence-corrected chi connectivity index (χ0v) is 12.1. The van der Waals surface area contributed by atoms with Crippen LogP contribution in [0.3, 0.4) is 0 Å². The molecule has 0 spiro atoms. The number of hydrogen-bond acceptors (Lipinski definition) is 3. The lowest BCUT2D eigenvalue weighted by Gasteiger charge is -2.16. The monoisotopic (exact) mass is 300 g/mol. The molecule has 3 rings (SSSR count). The SMILES string of the molecule is O=C(NCc1nc(-c2ccc(F)cc2)n[nH]1)[C@H]1CC=CCC1. The molecular formula is C16H17FN4O. The van der Waals surface area contributed by atoms with Gasteiger partial charge in [-0.15, -0.1) is 0 Å². The van der Waals surface area contributed by atoms with Gasteiger partial charge in [-0.05, 0) is 43.5 Å². The number of carbonyl (C=O) groups is 1. The van der Waals surface area contributed by atoms with Gasteiger partial charge in [-0.1, -0.05) is 12.2 Å². The van der Waals surface area contributed by atoms with Crippen LogP contribution in [0.25, 0.3) is 11.4 Å². The number of H-pyrrole nitrogens is 1. The second-order valence-corrected chi connectivity index (χ2v) is 5.31. The number of nitrogens with one attached hydrogen (secondary N) is 2. The number of aromatic amines is 1. The highest BCUT2D eigenvalue weighted by Gasteiger charge is 2.18. The molecule has 1 heterocycles. The third kappa shape index (κ3) is 3.39. The van der Waals surface area contributed by atoms with E-state index in [0.29, 0.717) is 18.2 Å². The normalized spacial score (nSPS) is 17.4. The van der Waals surface area contributed by atoms with Crippen molar-refractivity contribution in [2.24, 2.45) is 5.92 Å². The molecule has 0 saturated heterocycles. The lowest BCUT2D eigenvalue weighted by Crippen LogP contribution is -2.31. The molecule has 114 valence electrons. The maximum atomic E-state index is 12.9. The van der Waals surface area contributed by atoms with E-state index < -0.39 is 0 Å². The molecule has 0 saturated carbocycles. The van der Waals surface area contributed by atoms with Gasteiger partial charge in [0.2, 0.25) is 5.91 Å². The summed E-state index contributed by atoms with van der Waals surface area (Å²) in [5.74, 6) is 0.866. The first-order valence-electron chi connectivity index (χ1n) is 7.32. The maximum Gasteiger partial charge on any atom is 0.223 e. The van der Waals surface area contributed by atoms with Crippen LogP contribution in [0.15, 0.2) is 36.4 Å². The Labute approximate surface area is 127 Å². The fourth-order valence-electron chi connectivity index (χ4n) is 2.45. The largest absolute Gasteiger partial charge is 0.349 e. The zero-order chi connectivity index (χ0) is 15.4. The van der Waals surface area contributed by atoms with E-state index in [1.807, 2.05) is 0 Å². The third-order valence-electron chi connectivity index (χ3n) is 3.70. The van der Waals surface area contributed by atoms with Gasteiger partial charge in [0.25, 0.3) is 0 Å². The molecule has 1 aliphatic carbocycles. The molecule has 1 aromatic heterocycles. The van der Waals surface area contributed by atoms with Crippen molar-refractivity contribution in [1.29, 1.82) is 0 Å². The van der Waals surface area contributed by atoms with Gasteiger partial charge >= 0.3 is 0 Å². The third-order valence-corrected chi connectivity index (χ3v) is 3.70. The van der Waals surface area contributed by atoms with Gasteiger partial charge in [0.05, 0.1) is 6.54 Å². The number of benzene rings is 1. The van der Waals surface area contributed by atoms with Crippen LogP contribution in [0.4, 0.5) is 4.39 Å². The number of aromatic nitrogens is 3. The van der Waals surface area contributed by atoms with E-state index in [4.69, 9.17) is 0 Å². The minimum absolute atomic E-state index is 0.0454. The Bertz CT molecular complexity index is 678. The van der Waals surface area contributed by atoms with Crippen molar-refractivity contribution in [3.63, 3.8) is 0 Å². The number of nitrogens with zero attached hydrogens (tertiary/aromatic N) is 2. The lowest BCUT2D eigenvalue weighted by atomic mass is 9.94. The van der Waals surface area contributed by atoms with Crippen LogP contribution in [0, 0.1) is 11.7 Å². The smallest absolute Gasteiger partial charge is 0.223 e. The van der Waals surface area contributed by atoms with Crippen molar-refractivity contribution in [1.82, 2.24) is 20.5 Å². The van der Waals surface area contributed by atoms with Crippen molar-refractivity contribution in [3.8, 4) is 11.4 Å². The van der Waals surface area contributed by atoms with E-state index in [0.717, 1.165) is 24.8 Å². The lowest BCUT2D eigenvalue weighted by molar-refractivity contribution is -0.125. The summed E-state index contributed by atoms with van der Waals surface area (Å²) in [7, 11) is 0. The number of allylic oxidation sites excluding steroid dienone is 2. The number of amides is 1. The van der Waals surface area contributed by atoms with Crippen LogP contribution in [-0.4, -0.2) is 21.1 Å². The molecule has 0 radical (unpaired) electrons. The predicted molar refractivity (Wildman–Crippen MR) is 80.1 cm³/mol. The van der Waals surface area contributed by atoms with E-state index in [-0.39, 0.29) is 17.6 Å². The maximum absolute atomic E-state index is 12.9. The molecule has 0 fully saturated rings. The summed E-state index contributed by atoms with van der Waals surface area (Å²) in [5.41, 5.74) is 0.729. The number of halogens is 1. The molecule has 2 N–H and O–H groups in total. The van der Waals surface area contributed by atoms with E-state index in [1.165, 1.54) is 12.1 Å². The summed E-state index contributed by atoms with van der Waals surface area (Å²) in [6.07, 6.45) is 6.79. The Hall–Kier alpha value is -2.50. The summed E-state index contributed by atoms with van der Waals surface area (Å²) in [6.45, 7) is 0.313. The van der Waals surface area contributed by atoms with Crippen molar-refractivity contribution in [2.45, 2.75) is 25.8 Å². The van der Waals surface area contributed by atoms with Crippen molar-refractivity contribution in [3.05, 3.63) is 48.1 Å². The van der Waals surface area contributed by atoms with Gasteiger partial charge in [0.1, 0.15) is 11.6 Å². The molecule has 0 unspecified atom stereocenters. The average molecular weight is 300 g/mol.